The van der Waals surface area contributed by atoms with Gasteiger partial charge in [0.05, 0.1) is 11.2 Å². The molecule has 2 heterocycles. The first-order chi connectivity index (χ1) is 12.7. The van der Waals surface area contributed by atoms with Crippen LogP contribution in [-0.2, 0) is 11.3 Å². The summed E-state index contributed by atoms with van der Waals surface area (Å²) in [5, 5.41) is 1.12. The van der Waals surface area contributed by atoms with Gasteiger partial charge < -0.3 is 14.2 Å². The van der Waals surface area contributed by atoms with Gasteiger partial charge in [-0.2, -0.15) is 0 Å². The molecule has 1 aromatic carbocycles. The fourth-order valence-corrected chi connectivity index (χ4v) is 3.87. The van der Waals surface area contributed by atoms with Crippen molar-refractivity contribution >= 4 is 22.8 Å². The summed E-state index contributed by atoms with van der Waals surface area (Å²) in [7, 11) is 0. The van der Waals surface area contributed by atoms with Gasteiger partial charge >= 0.3 is 6.09 Å². The minimum atomic E-state index is -0.475. The number of rotatable bonds is 4. The molecule has 1 aliphatic heterocycles. The molecule has 1 amide bonds. The zero-order valence-corrected chi connectivity index (χ0v) is 16.6. The number of benzene rings is 1. The van der Waals surface area contributed by atoms with Gasteiger partial charge in [-0.3, -0.25) is 4.79 Å². The molecule has 4 rings (SSSR count). The maximum absolute atomic E-state index is 12.2. The second kappa shape index (κ2) is 6.39. The van der Waals surface area contributed by atoms with Crippen molar-refractivity contribution in [2.75, 3.05) is 13.1 Å². The molecule has 0 bridgehead atoms. The summed E-state index contributed by atoms with van der Waals surface area (Å²) in [6.45, 7) is 9.55. The molecule has 1 aromatic heterocycles. The molecular weight excluding hydrogens is 340 g/mol. The third-order valence-corrected chi connectivity index (χ3v) is 5.42. The highest BCUT2D eigenvalue weighted by Gasteiger charge is 2.36. The Labute approximate surface area is 160 Å². The normalized spacial score (nSPS) is 17.9. The Morgan fingerprint density at radius 1 is 1.19 bits per heavy atom. The number of aromatic nitrogens is 1. The fourth-order valence-electron chi connectivity index (χ4n) is 3.87. The molecule has 0 spiro atoms. The minimum absolute atomic E-state index is 0.113. The lowest BCUT2D eigenvalue weighted by atomic mass is 9.90. The quantitative estimate of drug-likeness (QED) is 0.742. The van der Waals surface area contributed by atoms with Gasteiger partial charge in [-0.1, -0.05) is 18.2 Å². The Balaban J connectivity index is 1.61. The van der Waals surface area contributed by atoms with Crippen LogP contribution < -0.4 is 0 Å². The number of likely N-dealkylation sites (tertiary alicyclic amines) is 1. The van der Waals surface area contributed by atoms with E-state index in [2.05, 4.69) is 22.8 Å². The van der Waals surface area contributed by atoms with Crippen molar-refractivity contribution < 1.29 is 14.3 Å². The molecule has 2 aliphatic rings. The van der Waals surface area contributed by atoms with Gasteiger partial charge in [0.1, 0.15) is 5.60 Å². The number of hydrogen-bond acceptors (Lipinski definition) is 3. The zero-order valence-electron chi connectivity index (χ0n) is 16.6. The number of amides is 1. The highest BCUT2D eigenvalue weighted by Crippen LogP contribution is 2.38. The van der Waals surface area contributed by atoms with E-state index in [1.54, 1.807) is 11.8 Å². The second-order valence-corrected chi connectivity index (χ2v) is 9.01. The Bertz CT molecular complexity index is 896. The van der Waals surface area contributed by atoms with E-state index in [1.165, 1.54) is 23.9 Å². The Kier molecular flexibility index (Phi) is 4.28. The van der Waals surface area contributed by atoms with Crippen molar-refractivity contribution in [3.8, 4) is 0 Å². The van der Waals surface area contributed by atoms with Gasteiger partial charge in [-0.15, -0.1) is 0 Å². The molecule has 0 radical (unpaired) electrons. The molecule has 0 N–H and O–H groups in total. The fraction of sp³-hybridized carbons (Fsp3) is 0.545. The third kappa shape index (κ3) is 3.60. The van der Waals surface area contributed by atoms with Crippen molar-refractivity contribution in [2.45, 2.75) is 58.6 Å². The summed E-state index contributed by atoms with van der Waals surface area (Å²) in [6.07, 6.45) is 2.24. The highest BCUT2D eigenvalue weighted by atomic mass is 16.6. The molecule has 2 fully saturated rings. The van der Waals surface area contributed by atoms with E-state index in [0.717, 1.165) is 17.6 Å². The van der Waals surface area contributed by atoms with Gasteiger partial charge in [0, 0.05) is 37.9 Å². The summed E-state index contributed by atoms with van der Waals surface area (Å²) in [4.78, 5) is 26.2. The van der Waals surface area contributed by atoms with Gasteiger partial charge in [0.2, 0.25) is 0 Å². The molecule has 144 valence electrons. The first-order valence-electron chi connectivity index (χ1n) is 9.84. The standard InChI is InChI=1S/C22H28N2O3/c1-14(25)19-10-16-6-5-7-18(20(16)24(19)11-15-8-9-15)17-12-23(13-17)21(26)27-22(2,3)4/h5-7,10,15,17H,8-9,11-13H2,1-4H3. The Hall–Kier alpha value is -2.30. The predicted octanol–water partition coefficient (Wildman–Crippen LogP) is 4.59. The number of nitrogens with zero attached hydrogens (tertiary/aromatic N) is 2. The van der Waals surface area contributed by atoms with Crippen molar-refractivity contribution in [3.05, 3.63) is 35.5 Å². The Morgan fingerprint density at radius 2 is 1.89 bits per heavy atom. The lowest BCUT2D eigenvalue weighted by Gasteiger charge is -2.40. The van der Waals surface area contributed by atoms with Crippen molar-refractivity contribution in [3.63, 3.8) is 0 Å². The van der Waals surface area contributed by atoms with E-state index in [9.17, 15) is 9.59 Å². The number of carbonyl (C=O) groups is 2. The van der Waals surface area contributed by atoms with E-state index in [0.29, 0.717) is 19.0 Å². The molecule has 0 atom stereocenters. The number of ketones is 1. The molecule has 2 aromatic rings. The third-order valence-electron chi connectivity index (χ3n) is 5.42. The van der Waals surface area contributed by atoms with Crippen molar-refractivity contribution in [2.24, 2.45) is 5.92 Å². The molecule has 1 aliphatic carbocycles. The van der Waals surface area contributed by atoms with Crippen LogP contribution in [0.25, 0.3) is 10.9 Å². The van der Waals surface area contributed by atoms with E-state index < -0.39 is 5.60 Å². The monoisotopic (exact) mass is 368 g/mol. The SMILES string of the molecule is CC(=O)c1cc2cccc(C3CN(C(=O)OC(C)(C)C)C3)c2n1CC1CC1. The minimum Gasteiger partial charge on any atom is -0.444 e. The molecule has 27 heavy (non-hydrogen) atoms. The molecule has 5 heteroatoms. The summed E-state index contributed by atoms with van der Waals surface area (Å²) in [5.41, 5.74) is 2.73. The van der Waals surface area contributed by atoms with E-state index >= 15 is 0 Å². The van der Waals surface area contributed by atoms with Crippen LogP contribution in [-0.4, -0.2) is 40.0 Å². The summed E-state index contributed by atoms with van der Waals surface area (Å²) in [5.74, 6) is 1.09. The van der Waals surface area contributed by atoms with Crippen LogP contribution in [0.5, 0.6) is 0 Å². The first kappa shape index (κ1) is 18.1. The topological polar surface area (TPSA) is 51.5 Å². The van der Waals surface area contributed by atoms with Crippen LogP contribution in [0, 0.1) is 5.92 Å². The molecule has 5 nitrogen and oxygen atoms in total. The largest absolute Gasteiger partial charge is 0.444 e. The van der Waals surface area contributed by atoms with E-state index in [-0.39, 0.29) is 17.8 Å². The predicted molar refractivity (Wildman–Crippen MR) is 105 cm³/mol. The average Bonchev–Trinajstić information content (AvgIpc) is 3.24. The lowest BCUT2D eigenvalue weighted by Crippen LogP contribution is -2.50. The van der Waals surface area contributed by atoms with Gasteiger partial charge in [-0.25, -0.2) is 4.79 Å². The molecule has 1 saturated carbocycles. The van der Waals surface area contributed by atoms with E-state index in [1.807, 2.05) is 26.8 Å². The van der Waals surface area contributed by atoms with Crippen LogP contribution in [0.3, 0.4) is 0 Å². The summed E-state index contributed by atoms with van der Waals surface area (Å²) < 4.78 is 7.69. The van der Waals surface area contributed by atoms with Crippen molar-refractivity contribution in [1.29, 1.82) is 0 Å². The van der Waals surface area contributed by atoms with E-state index in [4.69, 9.17) is 4.74 Å². The van der Waals surface area contributed by atoms with Crippen LogP contribution >= 0.6 is 0 Å². The maximum atomic E-state index is 12.2. The van der Waals surface area contributed by atoms with Crippen LogP contribution in [0.1, 0.15) is 62.5 Å². The van der Waals surface area contributed by atoms with Crippen molar-refractivity contribution in [1.82, 2.24) is 9.47 Å². The van der Waals surface area contributed by atoms with Gasteiger partial charge in [-0.05, 0) is 51.2 Å². The van der Waals surface area contributed by atoms with Gasteiger partial charge in [0.15, 0.2) is 5.78 Å². The van der Waals surface area contributed by atoms with Gasteiger partial charge in [0.25, 0.3) is 0 Å². The number of para-hydroxylation sites is 1. The number of hydrogen-bond donors (Lipinski definition) is 0. The molecule has 0 unspecified atom stereocenters. The molecular formula is C22H28N2O3. The number of Topliss-reactive ketones (excluding diaryl/α,β-unsaturated/α-hetero) is 1. The Morgan fingerprint density at radius 3 is 2.48 bits per heavy atom. The highest BCUT2D eigenvalue weighted by molar-refractivity contribution is 5.99. The first-order valence-corrected chi connectivity index (χ1v) is 9.84. The second-order valence-electron chi connectivity index (χ2n) is 9.01. The average molecular weight is 368 g/mol. The summed E-state index contributed by atoms with van der Waals surface area (Å²) in [6, 6.07) is 8.30. The smallest absolute Gasteiger partial charge is 0.410 e. The number of fused-ring (bicyclic) bond motifs is 1. The zero-order chi connectivity index (χ0) is 19.3. The number of carbonyl (C=O) groups excluding carboxylic acids is 2. The van der Waals surface area contributed by atoms with Crippen LogP contribution in [0.15, 0.2) is 24.3 Å². The molecule has 1 saturated heterocycles. The summed E-state index contributed by atoms with van der Waals surface area (Å²) >= 11 is 0. The van der Waals surface area contributed by atoms with Crippen LogP contribution in [0.4, 0.5) is 4.79 Å². The lowest BCUT2D eigenvalue weighted by molar-refractivity contribution is 0.00827. The van der Waals surface area contributed by atoms with Crippen LogP contribution in [0.2, 0.25) is 0 Å². The maximum Gasteiger partial charge on any atom is 0.410 e. The number of ether oxygens (including phenoxy) is 1.